The van der Waals surface area contributed by atoms with Gasteiger partial charge >= 0.3 is 0 Å². The molecule has 2 aliphatic rings. The van der Waals surface area contributed by atoms with Gasteiger partial charge in [0.05, 0.1) is 11.9 Å². The number of nitrogens with one attached hydrogen (secondary N) is 1. The van der Waals surface area contributed by atoms with Crippen molar-refractivity contribution in [2.24, 2.45) is 12.0 Å². The Hall–Kier alpha value is -3.23. The minimum atomic E-state index is -0.173. The minimum absolute atomic E-state index is 0.0355. The lowest BCUT2D eigenvalue weighted by Gasteiger charge is -2.36. The number of aromatic nitrogens is 2. The van der Waals surface area contributed by atoms with Gasteiger partial charge in [0, 0.05) is 45.3 Å². The molecule has 0 aliphatic carbocycles. The van der Waals surface area contributed by atoms with Gasteiger partial charge in [0.1, 0.15) is 19.8 Å². The molecule has 2 aromatic rings. The number of aliphatic imine (C=N–C) groups is 1. The average Bonchev–Trinajstić information content (AvgIpc) is 3.19. The quantitative estimate of drug-likeness (QED) is 0.588. The summed E-state index contributed by atoms with van der Waals surface area (Å²) in [7, 11) is 3.59. The van der Waals surface area contributed by atoms with Crippen LogP contribution in [0.1, 0.15) is 19.4 Å². The molecule has 31 heavy (non-hydrogen) atoms. The van der Waals surface area contributed by atoms with Crippen molar-refractivity contribution in [3.05, 3.63) is 36.2 Å². The van der Waals surface area contributed by atoms with E-state index in [1.807, 2.05) is 24.2 Å². The SMILES string of the molecule is CN=C(NCC(C)(C)c1ccc2c(c1)OCCO2)N1CCN(c2cnn(C)c2)C(=O)C1. The van der Waals surface area contributed by atoms with E-state index in [1.54, 1.807) is 22.8 Å². The van der Waals surface area contributed by atoms with E-state index in [-0.39, 0.29) is 17.9 Å². The third kappa shape index (κ3) is 4.45. The number of piperazine rings is 1. The molecular weight excluding hydrogens is 396 g/mol. The molecule has 1 N–H and O–H groups in total. The van der Waals surface area contributed by atoms with Crippen molar-refractivity contribution in [1.82, 2.24) is 20.0 Å². The van der Waals surface area contributed by atoms with E-state index in [9.17, 15) is 4.79 Å². The first-order valence-electron chi connectivity index (χ1n) is 10.5. The highest BCUT2D eigenvalue weighted by molar-refractivity contribution is 5.98. The number of fused-ring (bicyclic) bond motifs is 1. The molecule has 0 atom stereocenters. The molecule has 0 saturated carbocycles. The lowest BCUT2D eigenvalue weighted by Crippen LogP contribution is -2.56. The van der Waals surface area contributed by atoms with Gasteiger partial charge in [-0.3, -0.25) is 14.5 Å². The van der Waals surface area contributed by atoms with Gasteiger partial charge in [-0.15, -0.1) is 0 Å². The first kappa shape index (κ1) is 21.0. The fraction of sp³-hybridized carbons (Fsp3) is 0.500. The molecule has 1 saturated heterocycles. The van der Waals surface area contributed by atoms with Crippen LogP contribution in [-0.4, -0.2) is 73.0 Å². The fourth-order valence-corrected chi connectivity index (χ4v) is 3.87. The summed E-state index contributed by atoms with van der Waals surface area (Å²) in [6.07, 6.45) is 3.58. The van der Waals surface area contributed by atoms with E-state index < -0.39 is 0 Å². The predicted molar refractivity (Wildman–Crippen MR) is 119 cm³/mol. The van der Waals surface area contributed by atoms with Gasteiger partial charge in [-0.05, 0) is 17.7 Å². The first-order valence-corrected chi connectivity index (χ1v) is 10.5. The monoisotopic (exact) mass is 426 g/mol. The highest BCUT2D eigenvalue weighted by Crippen LogP contribution is 2.35. The molecule has 9 nitrogen and oxygen atoms in total. The number of aryl methyl sites for hydroxylation is 1. The van der Waals surface area contributed by atoms with Gasteiger partial charge in [0.15, 0.2) is 17.5 Å². The van der Waals surface area contributed by atoms with E-state index in [0.717, 1.165) is 28.7 Å². The summed E-state index contributed by atoms with van der Waals surface area (Å²) in [5.41, 5.74) is 1.81. The number of carbonyl (C=O) groups is 1. The van der Waals surface area contributed by atoms with E-state index in [1.165, 1.54) is 0 Å². The number of hydrogen-bond acceptors (Lipinski definition) is 5. The van der Waals surface area contributed by atoms with Gasteiger partial charge in [-0.25, -0.2) is 0 Å². The van der Waals surface area contributed by atoms with Crippen molar-refractivity contribution < 1.29 is 14.3 Å². The van der Waals surface area contributed by atoms with Gasteiger partial charge in [0.2, 0.25) is 5.91 Å². The summed E-state index contributed by atoms with van der Waals surface area (Å²) < 4.78 is 13.1. The third-order valence-corrected chi connectivity index (χ3v) is 5.75. The Kier molecular flexibility index (Phi) is 5.75. The molecule has 0 spiro atoms. The van der Waals surface area contributed by atoms with Crippen LogP contribution in [0.5, 0.6) is 11.5 Å². The summed E-state index contributed by atoms with van der Waals surface area (Å²) in [6, 6.07) is 6.10. The number of rotatable bonds is 4. The Balaban J connectivity index is 1.39. The zero-order chi connectivity index (χ0) is 22.0. The van der Waals surface area contributed by atoms with Crippen LogP contribution in [0.2, 0.25) is 0 Å². The largest absolute Gasteiger partial charge is 0.486 e. The van der Waals surface area contributed by atoms with E-state index in [4.69, 9.17) is 9.47 Å². The molecule has 1 fully saturated rings. The van der Waals surface area contributed by atoms with Crippen molar-refractivity contribution in [3.63, 3.8) is 0 Å². The number of amides is 1. The molecule has 0 radical (unpaired) electrons. The zero-order valence-corrected chi connectivity index (χ0v) is 18.6. The smallest absolute Gasteiger partial charge is 0.246 e. The number of nitrogens with zero attached hydrogens (tertiary/aromatic N) is 5. The number of anilines is 1. The highest BCUT2D eigenvalue weighted by Gasteiger charge is 2.29. The number of ether oxygens (including phenoxy) is 2. The average molecular weight is 427 g/mol. The van der Waals surface area contributed by atoms with Crippen LogP contribution in [-0.2, 0) is 17.3 Å². The molecule has 3 heterocycles. The van der Waals surface area contributed by atoms with Crippen LogP contribution in [0.4, 0.5) is 5.69 Å². The number of carbonyl (C=O) groups excluding carboxylic acids is 1. The summed E-state index contributed by atoms with van der Waals surface area (Å²) in [6.45, 7) is 7.73. The number of benzene rings is 1. The molecular formula is C22H30N6O3. The van der Waals surface area contributed by atoms with Crippen LogP contribution in [0.3, 0.4) is 0 Å². The Morgan fingerprint density at radius 1 is 1.23 bits per heavy atom. The molecule has 1 aromatic carbocycles. The van der Waals surface area contributed by atoms with Crippen molar-refractivity contribution in [3.8, 4) is 11.5 Å². The maximum absolute atomic E-state index is 12.7. The topological polar surface area (TPSA) is 84.2 Å². The van der Waals surface area contributed by atoms with Gasteiger partial charge < -0.3 is 24.6 Å². The second-order valence-corrected chi connectivity index (χ2v) is 8.48. The molecule has 9 heteroatoms. The van der Waals surface area contributed by atoms with Crippen LogP contribution in [0.25, 0.3) is 0 Å². The Bertz CT molecular complexity index is 983. The summed E-state index contributed by atoms with van der Waals surface area (Å²) in [5.74, 6) is 2.34. The Morgan fingerprint density at radius 3 is 2.68 bits per heavy atom. The van der Waals surface area contributed by atoms with Crippen LogP contribution in [0, 0.1) is 0 Å². The maximum Gasteiger partial charge on any atom is 0.246 e. The zero-order valence-electron chi connectivity index (χ0n) is 18.6. The fourth-order valence-electron chi connectivity index (χ4n) is 3.87. The van der Waals surface area contributed by atoms with Crippen molar-refractivity contribution in [1.29, 1.82) is 0 Å². The Morgan fingerprint density at radius 2 is 2.00 bits per heavy atom. The number of guanidine groups is 1. The molecule has 1 amide bonds. The third-order valence-electron chi connectivity index (χ3n) is 5.75. The predicted octanol–water partition coefficient (Wildman–Crippen LogP) is 1.39. The van der Waals surface area contributed by atoms with Crippen LogP contribution in [0.15, 0.2) is 35.6 Å². The molecule has 0 unspecified atom stereocenters. The number of hydrogen-bond donors (Lipinski definition) is 1. The van der Waals surface area contributed by atoms with Crippen LogP contribution < -0.4 is 19.7 Å². The van der Waals surface area contributed by atoms with Gasteiger partial charge in [0.25, 0.3) is 0 Å². The second-order valence-electron chi connectivity index (χ2n) is 8.48. The molecule has 1 aromatic heterocycles. The lowest BCUT2D eigenvalue weighted by molar-refractivity contribution is -0.120. The van der Waals surface area contributed by atoms with Gasteiger partial charge in [-0.2, -0.15) is 5.10 Å². The van der Waals surface area contributed by atoms with Crippen LogP contribution >= 0.6 is 0 Å². The van der Waals surface area contributed by atoms with E-state index >= 15 is 0 Å². The second kappa shape index (κ2) is 8.49. The summed E-state index contributed by atoms with van der Waals surface area (Å²) >= 11 is 0. The van der Waals surface area contributed by atoms with Crippen molar-refractivity contribution >= 4 is 17.6 Å². The van der Waals surface area contributed by atoms with Crippen molar-refractivity contribution in [2.45, 2.75) is 19.3 Å². The summed E-state index contributed by atoms with van der Waals surface area (Å²) in [5, 5.41) is 7.62. The first-order chi connectivity index (χ1) is 14.9. The Labute approximate surface area is 182 Å². The molecule has 166 valence electrons. The summed E-state index contributed by atoms with van der Waals surface area (Å²) in [4.78, 5) is 20.9. The lowest BCUT2D eigenvalue weighted by atomic mass is 9.84. The van der Waals surface area contributed by atoms with Crippen molar-refractivity contribution in [2.75, 3.05) is 51.3 Å². The normalized spacial score (nSPS) is 17.2. The van der Waals surface area contributed by atoms with Gasteiger partial charge in [-0.1, -0.05) is 19.9 Å². The maximum atomic E-state index is 12.7. The standard InChI is InChI=1S/C22H30N6O3/c1-22(2,16-5-6-18-19(11-16)31-10-9-30-18)15-24-21(23-3)27-7-8-28(20(29)14-27)17-12-25-26(4)13-17/h5-6,11-13H,7-10,14-15H2,1-4H3,(H,23,24). The molecule has 4 rings (SSSR count). The van der Waals surface area contributed by atoms with E-state index in [2.05, 4.69) is 41.4 Å². The van der Waals surface area contributed by atoms with E-state index in [0.29, 0.717) is 32.8 Å². The minimum Gasteiger partial charge on any atom is -0.486 e. The molecule has 0 bridgehead atoms. The molecule has 2 aliphatic heterocycles. The highest BCUT2D eigenvalue weighted by atomic mass is 16.6.